The molecule has 0 aromatic heterocycles. The smallest absolute Gasteiger partial charge is 0.269 e. The Bertz CT molecular complexity index is 1590. The van der Waals surface area contributed by atoms with Gasteiger partial charge in [-0.1, -0.05) is 31.2 Å². The molecule has 2 aromatic carbocycles. The molecule has 2 fully saturated rings. The van der Waals surface area contributed by atoms with Crippen LogP contribution < -0.4 is 10.2 Å². The fourth-order valence-corrected chi connectivity index (χ4v) is 6.36. The number of aliphatic hydroxyl groups excluding tert-OH is 5. The summed E-state index contributed by atoms with van der Waals surface area (Å²) in [4.78, 5) is 53.2. The normalized spacial score (nSPS) is 29.3. The zero-order chi connectivity index (χ0) is 34.9. The Labute approximate surface area is 274 Å². The Morgan fingerprint density at radius 1 is 1.12 bits per heavy atom. The largest absolute Gasteiger partial charge is 0.394 e. The fraction of sp³-hybridized carbons (Fsp3) is 0.469. The van der Waals surface area contributed by atoms with Gasteiger partial charge in [0.2, 0.25) is 5.91 Å². The van der Waals surface area contributed by atoms with E-state index in [9.17, 15) is 55.1 Å². The second-order valence-electron chi connectivity index (χ2n) is 12.2. The number of fused-ring (bicyclic) bond motifs is 1. The van der Waals surface area contributed by atoms with Crippen LogP contribution in [0.4, 0.5) is 17.1 Å². The van der Waals surface area contributed by atoms with Crippen LogP contribution in [-0.4, -0.2) is 108 Å². The first-order valence-electron chi connectivity index (χ1n) is 15.5. The second kappa shape index (κ2) is 14.1. The lowest BCUT2D eigenvalue weighted by Gasteiger charge is -2.37. The first-order valence-corrected chi connectivity index (χ1v) is 15.5. The average Bonchev–Trinajstić information content (AvgIpc) is 3.64. The Morgan fingerprint density at radius 3 is 2.50 bits per heavy atom. The first-order chi connectivity index (χ1) is 22.8. The molecule has 2 saturated heterocycles. The van der Waals surface area contributed by atoms with Crippen molar-refractivity contribution in [2.24, 2.45) is 5.92 Å². The molecular formula is C32H38N4O12. The van der Waals surface area contributed by atoms with Crippen LogP contribution in [0.15, 0.2) is 54.6 Å². The summed E-state index contributed by atoms with van der Waals surface area (Å²) >= 11 is 0. The predicted molar refractivity (Wildman–Crippen MR) is 167 cm³/mol. The average molecular weight is 671 g/mol. The summed E-state index contributed by atoms with van der Waals surface area (Å²) in [7, 11) is 0. The summed E-state index contributed by atoms with van der Waals surface area (Å²) in [5, 5.41) is 74.9. The molecular weight excluding hydrogens is 632 g/mol. The molecule has 0 aliphatic carbocycles. The minimum Gasteiger partial charge on any atom is -0.394 e. The summed E-state index contributed by atoms with van der Waals surface area (Å²) in [6.07, 6.45) is -4.45. The number of hydrogen-bond acceptors (Lipinski definition) is 12. The molecule has 3 heterocycles. The molecule has 5 rings (SSSR count). The Balaban J connectivity index is 1.32. The molecule has 16 heteroatoms. The summed E-state index contributed by atoms with van der Waals surface area (Å²) < 4.78 is 4.94. The van der Waals surface area contributed by atoms with Crippen molar-refractivity contribution in [3.8, 4) is 0 Å². The highest BCUT2D eigenvalue weighted by Crippen LogP contribution is 2.47. The zero-order valence-corrected chi connectivity index (χ0v) is 26.0. The summed E-state index contributed by atoms with van der Waals surface area (Å²) in [5.74, 6) is -2.73. The molecule has 3 aliphatic heterocycles. The van der Waals surface area contributed by atoms with Gasteiger partial charge in [0.15, 0.2) is 18.0 Å². The van der Waals surface area contributed by atoms with Crippen LogP contribution in [-0.2, 0) is 31.3 Å². The number of nitrogens with zero attached hydrogens (tertiary/aromatic N) is 3. The van der Waals surface area contributed by atoms with Gasteiger partial charge in [-0.15, -0.1) is 0 Å². The Kier molecular flexibility index (Phi) is 10.3. The topological polar surface area (TPSA) is 243 Å². The van der Waals surface area contributed by atoms with Crippen molar-refractivity contribution in [3.63, 3.8) is 0 Å². The van der Waals surface area contributed by atoms with Crippen LogP contribution in [0.3, 0.4) is 0 Å². The first kappa shape index (κ1) is 35.0. The summed E-state index contributed by atoms with van der Waals surface area (Å²) in [6, 6.07) is 9.64. The van der Waals surface area contributed by atoms with Gasteiger partial charge in [-0.05, 0) is 36.6 Å². The lowest BCUT2D eigenvalue weighted by molar-refractivity contribution is -0.385. The lowest BCUT2D eigenvalue weighted by Crippen LogP contribution is -2.60. The van der Waals surface area contributed by atoms with Gasteiger partial charge in [0.05, 0.1) is 29.8 Å². The zero-order valence-electron chi connectivity index (χ0n) is 26.0. The summed E-state index contributed by atoms with van der Waals surface area (Å²) in [5.41, 5.74) is -1.43. The number of carbonyl (C=O) groups is 3. The van der Waals surface area contributed by atoms with E-state index in [4.69, 9.17) is 4.74 Å². The monoisotopic (exact) mass is 670 g/mol. The minimum absolute atomic E-state index is 0.0194. The molecule has 48 heavy (non-hydrogen) atoms. The minimum atomic E-state index is -2.19. The number of non-ortho nitro benzene ring substituents is 1. The standard InChI is InChI=1S/C32H38N4O12/c1-17(4-2-6-24(38)34-13-3-5-21(34)16-37)32(45)22-14-20(36(46)47)11-12-23(22)35(31(32)44)15-18-7-9-19(10-8-18)33-29(42)28-26(40)25(39)27(41)30(43)48-28/h2,4,7-12,14,17,21,25-28,30,37,39-41,43,45H,3,5-6,13,15-16H2,1H3,(H,33,42)/b4-2+/t17-,21-,25-,26-,27+,28-,30+,32+/m0/s1. The molecule has 16 nitrogen and oxygen atoms in total. The van der Waals surface area contributed by atoms with E-state index in [2.05, 4.69) is 5.32 Å². The van der Waals surface area contributed by atoms with Crippen molar-refractivity contribution in [2.75, 3.05) is 23.4 Å². The number of carbonyl (C=O) groups excluding carboxylic acids is 3. The molecule has 7 N–H and O–H groups in total. The van der Waals surface area contributed by atoms with E-state index in [0.29, 0.717) is 18.5 Å². The molecule has 0 unspecified atom stereocenters. The highest BCUT2D eigenvalue weighted by atomic mass is 16.6. The third kappa shape index (κ3) is 6.55. The van der Waals surface area contributed by atoms with Crippen molar-refractivity contribution in [1.82, 2.24) is 4.90 Å². The van der Waals surface area contributed by atoms with Crippen molar-refractivity contribution < 1.29 is 54.7 Å². The molecule has 8 atom stereocenters. The third-order valence-corrected chi connectivity index (χ3v) is 9.16. The van der Waals surface area contributed by atoms with E-state index < -0.39 is 59.0 Å². The van der Waals surface area contributed by atoms with E-state index in [1.54, 1.807) is 30.0 Å². The number of nitro benzene ring substituents is 1. The number of hydrogen-bond donors (Lipinski definition) is 7. The molecule has 0 saturated carbocycles. The van der Waals surface area contributed by atoms with Crippen LogP contribution in [0.5, 0.6) is 0 Å². The van der Waals surface area contributed by atoms with Crippen molar-refractivity contribution in [3.05, 3.63) is 75.9 Å². The van der Waals surface area contributed by atoms with Gasteiger partial charge in [0.25, 0.3) is 17.5 Å². The van der Waals surface area contributed by atoms with Crippen LogP contribution in [0.25, 0.3) is 0 Å². The Morgan fingerprint density at radius 2 is 1.83 bits per heavy atom. The van der Waals surface area contributed by atoms with E-state index >= 15 is 0 Å². The number of nitro groups is 1. The number of ether oxygens (including phenoxy) is 1. The highest BCUT2D eigenvalue weighted by molar-refractivity contribution is 6.07. The number of amides is 3. The maximum atomic E-state index is 13.9. The number of anilines is 2. The SMILES string of the molecule is C[C@@H](/C=C/CC(=O)N1CCC[C@H]1CO)[C@]1(O)C(=O)N(Cc2ccc(NC(=O)[C@H]3O[C@@H](O)[C@H](O)[C@@H](O)[C@@H]3O)cc2)c2ccc([N+](=O)[O-])cc21. The second-order valence-corrected chi connectivity index (χ2v) is 12.2. The maximum absolute atomic E-state index is 13.9. The molecule has 2 aromatic rings. The number of likely N-dealkylation sites (tertiary alicyclic amines) is 1. The molecule has 0 bridgehead atoms. The highest BCUT2D eigenvalue weighted by Gasteiger charge is 2.53. The van der Waals surface area contributed by atoms with E-state index in [1.165, 1.54) is 35.2 Å². The van der Waals surface area contributed by atoms with Gasteiger partial charge in [-0.3, -0.25) is 24.5 Å². The van der Waals surface area contributed by atoms with Gasteiger partial charge < -0.3 is 50.5 Å². The van der Waals surface area contributed by atoms with Crippen molar-refractivity contribution >= 4 is 34.8 Å². The number of benzene rings is 2. The number of rotatable bonds is 10. The van der Waals surface area contributed by atoms with Gasteiger partial charge in [0.1, 0.15) is 18.3 Å². The molecule has 3 amide bonds. The van der Waals surface area contributed by atoms with E-state index in [-0.39, 0.29) is 54.1 Å². The van der Waals surface area contributed by atoms with Crippen molar-refractivity contribution in [1.29, 1.82) is 0 Å². The predicted octanol–water partition coefficient (Wildman–Crippen LogP) is -0.367. The van der Waals surface area contributed by atoms with Crippen molar-refractivity contribution in [2.45, 2.75) is 75.1 Å². The van der Waals surface area contributed by atoms with Gasteiger partial charge in [-0.2, -0.15) is 0 Å². The van der Waals surface area contributed by atoms with Crippen LogP contribution in [0, 0.1) is 16.0 Å². The molecule has 258 valence electrons. The van der Waals surface area contributed by atoms with Crippen LogP contribution in [0.1, 0.15) is 37.3 Å². The van der Waals surface area contributed by atoms with Gasteiger partial charge in [0, 0.05) is 42.3 Å². The molecule has 3 aliphatic rings. The van der Waals surface area contributed by atoms with Gasteiger partial charge >= 0.3 is 0 Å². The third-order valence-electron chi connectivity index (χ3n) is 9.16. The molecule has 0 spiro atoms. The van der Waals surface area contributed by atoms with Crippen LogP contribution >= 0.6 is 0 Å². The number of aliphatic hydroxyl groups is 6. The number of nitrogens with one attached hydrogen (secondary N) is 1. The van der Waals surface area contributed by atoms with Crippen LogP contribution in [0.2, 0.25) is 0 Å². The fourth-order valence-electron chi connectivity index (χ4n) is 6.36. The maximum Gasteiger partial charge on any atom is 0.269 e. The summed E-state index contributed by atoms with van der Waals surface area (Å²) in [6.45, 7) is 1.91. The molecule has 0 radical (unpaired) electrons. The lowest BCUT2D eigenvalue weighted by atomic mass is 9.82. The Hall–Kier alpha value is -4.29. The van der Waals surface area contributed by atoms with Gasteiger partial charge in [-0.25, -0.2) is 0 Å². The quantitative estimate of drug-likeness (QED) is 0.0973. The van der Waals surface area contributed by atoms with E-state index in [0.717, 1.165) is 12.5 Å². The van der Waals surface area contributed by atoms with E-state index in [1.807, 2.05) is 0 Å².